The van der Waals surface area contributed by atoms with Crippen LogP contribution in [-0.4, -0.2) is 30.1 Å². The van der Waals surface area contributed by atoms with Crippen LogP contribution < -0.4 is 10.2 Å². The first-order chi connectivity index (χ1) is 10.2. The summed E-state index contributed by atoms with van der Waals surface area (Å²) in [6, 6.07) is 5.03. The average molecular weight is 293 g/mol. The van der Waals surface area contributed by atoms with Crippen LogP contribution in [0.5, 0.6) is 0 Å². The van der Waals surface area contributed by atoms with Crippen LogP contribution in [0.2, 0.25) is 0 Å². The average Bonchev–Trinajstić information content (AvgIpc) is 3.30. The van der Waals surface area contributed by atoms with Crippen molar-refractivity contribution in [1.29, 1.82) is 0 Å². The smallest absolute Gasteiger partial charge is 0.327 e. The summed E-state index contributed by atoms with van der Waals surface area (Å²) in [6.07, 6.45) is 5.49. The molecule has 1 saturated carbocycles. The van der Waals surface area contributed by atoms with Gasteiger partial charge in [0.15, 0.2) is 0 Å². The minimum absolute atomic E-state index is 0.314. The minimum Gasteiger partial charge on any atom is -0.361 e. The summed E-state index contributed by atoms with van der Waals surface area (Å²) in [5.41, 5.74) is 0.0371. The van der Waals surface area contributed by atoms with Crippen molar-refractivity contribution < 1.29 is 9.31 Å². The lowest BCUT2D eigenvalue weighted by Gasteiger charge is -2.32. The van der Waals surface area contributed by atoms with E-state index in [4.69, 9.17) is 0 Å². The van der Waals surface area contributed by atoms with Crippen LogP contribution in [0.1, 0.15) is 32.1 Å². The first-order valence-electron chi connectivity index (χ1n) is 7.60. The molecule has 21 heavy (non-hydrogen) atoms. The van der Waals surface area contributed by atoms with Crippen molar-refractivity contribution in [3.8, 4) is 0 Å². The maximum atomic E-state index is 13.8. The first-order valence-corrected chi connectivity index (χ1v) is 7.60. The van der Waals surface area contributed by atoms with Gasteiger partial charge in [0.05, 0.1) is 4.92 Å². The van der Waals surface area contributed by atoms with Gasteiger partial charge in [0.1, 0.15) is 5.69 Å². The molecule has 1 unspecified atom stereocenters. The summed E-state index contributed by atoms with van der Waals surface area (Å²) in [4.78, 5) is 12.6. The summed E-state index contributed by atoms with van der Waals surface area (Å²) >= 11 is 0. The van der Waals surface area contributed by atoms with E-state index in [2.05, 4.69) is 5.32 Å². The summed E-state index contributed by atoms with van der Waals surface area (Å²) in [5.74, 6) is -0.750. The van der Waals surface area contributed by atoms with Crippen LogP contribution in [-0.2, 0) is 0 Å². The van der Waals surface area contributed by atoms with Crippen LogP contribution >= 0.6 is 0 Å². The summed E-state index contributed by atoms with van der Waals surface area (Å²) in [7, 11) is 0. The lowest BCUT2D eigenvalue weighted by Crippen LogP contribution is -2.44. The molecule has 2 aliphatic rings. The second-order valence-corrected chi connectivity index (χ2v) is 5.90. The van der Waals surface area contributed by atoms with Gasteiger partial charge in [0.25, 0.3) is 0 Å². The van der Waals surface area contributed by atoms with E-state index in [9.17, 15) is 14.5 Å². The molecule has 1 aromatic rings. The Labute approximate surface area is 123 Å². The van der Waals surface area contributed by atoms with Crippen molar-refractivity contribution in [2.24, 2.45) is 0 Å². The number of nitrogens with zero attached hydrogens (tertiary/aromatic N) is 2. The maximum Gasteiger partial charge on any atom is 0.327 e. The highest BCUT2D eigenvalue weighted by Crippen LogP contribution is 2.38. The number of anilines is 1. The predicted molar refractivity (Wildman–Crippen MR) is 79.1 cm³/mol. The Kier molecular flexibility index (Phi) is 4.05. The number of para-hydroxylation sites is 1. The number of hydrogen-bond donors (Lipinski definition) is 1. The lowest BCUT2D eigenvalue weighted by molar-refractivity contribution is -0.386. The SMILES string of the molecule is O=[N+]([O-])c1c(F)cccc1N(CC1CCCCN1)C1CC1. The van der Waals surface area contributed by atoms with Gasteiger partial charge in [-0.05, 0) is 44.4 Å². The van der Waals surface area contributed by atoms with Crippen LogP contribution in [0, 0.1) is 15.9 Å². The van der Waals surface area contributed by atoms with Gasteiger partial charge in [-0.2, -0.15) is 4.39 Å². The second kappa shape index (κ2) is 5.97. The summed E-state index contributed by atoms with van der Waals surface area (Å²) in [5, 5.41) is 14.7. The van der Waals surface area contributed by atoms with Crippen LogP contribution in [0.15, 0.2) is 18.2 Å². The second-order valence-electron chi connectivity index (χ2n) is 5.90. The quantitative estimate of drug-likeness (QED) is 0.670. The van der Waals surface area contributed by atoms with E-state index in [0.717, 1.165) is 38.4 Å². The number of nitro benzene ring substituents is 1. The van der Waals surface area contributed by atoms with Gasteiger partial charge >= 0.3 is 5.69 Å². The van der Waals surface area contributed by atoms with E-state index in [0.29, 0.717) is 17.8 Å². The third-order valence-electron chi connectivity index (χ3n) is 4.27. The first kappa shape index (κ1) is 14.3. The fourth-order valence-corrected chi connectivity index (χ4v) is 3.06. The van der Waals surface area contributed by atoms with Crippen LogP contribution in [0.4, 0.5) is 15.8 Å². The Morgan fingerprint density at radius 1 is 1.33 bits per heavy atom. The molecule has 114 valence electrons. The number of hydrogen-bond acceptors (Lipinski definition) is 4. The molecule has 0 aromatic heterocycles. The Hall–Kier alpha value is -1.69. The minimum atomic E-state index is -0.750. The molecule has 0 bridgehead atoms. The molecule has 1 N–H and O–H groups in total. The van der Waals surface area contributed by atoms with Crippen molar-refractivity contribution >= 4 is 11.4 Å². The third kappa shape index (κ3) is 3.15. The number of nitrogens with one attached hydrogen (secondary N) is 1. The van der Waals surface area contributed by atoms with Crippen LogP contribution in [0.25, 0.3) is 0 Å². The molecule has 1 heterocycles. The van der Waals surface area contributed by atoms with Gasteiger partial charge in [-0.25, -0.2) is 0 Å². The van der Waals surface area contributed by atoms with E-state index in [1.165, 1.54) is 12.8 Å². The summed E-state index contributed by atoms with van der Waals surface area (Å²) < 4.78 is 13.8. The molecule has 3 rings (SSSR count). The molecule has 0 spiro atoms. The van der Waals surface area contributed by atoms with Gasteiger partial charge in [-0.15, -0.1) is 0 Å². The molecule has 0 radical (unpaired) electrons. The van der Waals surface area contributed by atoms with Crippen molar-refractivity contribution in [2.45, 2.75) is 44.2 Å². The van der Waals surface area contributed by atoms with Gasteiger partial charge in [0, 0.05) is 18.6 Å². The summed E-state index contributed by atoms with van der Waals surface area (Å²) in [6.45, 7) is 1.71. The standard InChI is InChI=1S/C15H20FN3O2/c16-13-5-3-6-14(15(13)19(20)21)18(12-7-8-12)10-11-4-1-2-9-17-11/h3,5-6,11-12,17H,1-2,4,7-10H2. The van der Waals surface area contributed by atoms with Gasteiger partial charge in [-0.1, -0.05) is 12.5 Å². The van der Waals surface area contributed by atoms with Crippen LogP contribution in [0.3, 0.4) is 0 Å². The molecule has 2 fully saturated rings. The highest BCUT2D eigenvalue weighted by atomic mass is 19.1. The lowest BCUT2D eigenvalue weighted by atomic mass is 10.0. The molecule has 5 nitrogen and oxygen atoms in total. The van der Waals surface area contributed by atoms with Crippen molar-refractivity contribution in [1.82, 2.24) is 5.32 Å². The molecular weight excluding hydrogens is 273 g/mol. The zero-order valence-electron chi connectivity index (χ0n) is 11.9. The number of halogens is 1. The van der Waals surface area contributed by atoms with E-state index < -0.39 is 10.7 Å². The molecule has 6 heteroatoms. The van der Waals surface area contributed by atoms with E-state index in [-0.39, 0.29) is 5.69 Å². The molecule has 1 aliphatic carbocycles. The van der Waals surface area contributed by atoms with E-state index >= 15 is 0 Å². The number of rotatable bonds is 5. The fraction of sp³-hybridized carbons (Fsp3) is 0.600. The molecule has 1 atom stereocenters. The van der Waals surface area contributed by atoms with Crippen molar-refractivity contribution in [3.05, 3.63) is 34.1 Å². The predicted octanol–water partition coefficient (Wildman–Crippen LogP) is 2.84. The Balaban J connectivity index is 1.87. The largest absolute Gasteiger partial charge is 0.361 e. The Morgan fingerprint density at radius 2 is 2.14 bits per heavy atom. The van der Waals surface area contributed by atoms with E-state index in [1.807, 2.05) is 4.90 Å². The van der Waals surface area contributed by atoms with Crippen molar-refractivity contribution in [2.75, 3.05) is 18.0 Å². The maximum absolute atomic E-state index is 13.8. The van der Waals surface area contributed by atoms with E-state index in [1.54, 1.807) is 12.1 Å². The van der Waals surface area contributed by atoms with Gasteiger partial charge in [-0.3, -0.25) is 10.1 Å². The Bertz CT molecular complexity index is 528. The number of nitro groups is 1. The van der Waals surface area contributed by atoms with Crippen molar-refractivity contribution in [3.63, 3.8) is 0 Å². The number of piperidine rings is 1. The highest BCUT2D eigenvalue weighted by molar-refractivity contribution is 5.65. The molecule has 1 aliphatic heterocycles. The molecular formula is C15H20FN3O2. The zero-order chi connectivity index (χ0) is 14.8. The zero-order valence-corrected chi connectivity index (χ0v) is 11.9. The number of benzene rings is 1. The fourth-order valence-electron chi connectivity index (χ4n) is 3.06. The molecule has 1 aromatic carbocycles. The molecule has 0 amide bonds. The molecule has 1 saturated heterocycles. The van der Waals surface area contributed by atoms with Gasteiger partial charge in [0.2, 0.25) is 5.82 Å². The monoisotopic (exact) mass is 293 g/mol. The normalized spacial score (nSPS) is 22.0. The Morgan fingerprint density at radius 3 is 2.76 bits per heavy atom. The van der Waals surface area contributed by atoms with Gasteiger partial charge < -0.3 is 10.2 Å². The highest BCUT2D eigenvalue weighted by Gasteiger charge is 2.35. The third-order valence-corrected chi connectivity index (χ3v) is 4.27. The topological polar surface area (TPSA) is 58.4 Å².